The predicted octanol–water partition coefficient (Wildman–Crippen LogP) is 2.36. The average Bonchev–Trinajstić information content (AvgIpc) is 2.94. The van der Waals surface area contributed by atoms with E-state index in [-0.39, 0.29) is 11.9 Å². The van der Waals surface area contributed by atoms with Gasteiger partial charge in [0.2, 0.25) is 5.91 Å². The van der Waals surface area contributed by atoms with Gasteiger partial charge in [0.1, 0.15) is 11.3 Å². The zero-order chi connectivity index (χ0) is 17.3. The standard InChI is InChI=1S/C17H19BrN4O2/c1-17(2,24)15-11-22(20-19-15)13-9-21(10-13)16(23)8-7-12-5-3-4-6-14(12)18/h3-8,11,13,24H,9-10H2,1-2H3. The van der Waals surface area contributed by atoms with Crippen LogP contribution in [0.2, 0.25) is 0 Å². The fraction of sp³-hybridized carbons (Fsp3) is 0.353. The molecule has 126 valence electrons. The summed E-state index contributed by atoms with van der Waals surface area (Å²) in [6, 6.07) is 7.85. The van der Waals surface area contributed by atoms with Crippen LogP contribution in [0.4, 0.5) is 0 Å². The molecule has 1 aromatic heterocycles. The van der Waals surface area contributed by atoms with Crippen LogP contribution in [0.15, 0.2) is 41.0 Å². The second kappa shape index (κ2) is 6.49. The van der Waals surface area contributed by atoms with Gasteiger partial charge in [-0.15, -0.1) is 5.10 Å². The van der Waals surface area contributed by atoms with Crippen LogP contribution in [0.3, 0.4) is 0 Å². The summed E-state index contributed by atoms with van der Waals surface area (Å²) < 4.78 is 2.67. The van der Waals surface area contributed by atoms with Crippen LogP contribution in [0.25, 0.3) is 6.08 Å². The molecule has 7 heteroatoms. The highest BCUT2D eigenvalue weighted by Crippen LogP contribution is 2.24. The topological polar surface area (TPSA) is 71.2 Å². The second-order valence-electron chi connectivity index (χ2n) is 6.39. The number of halogens is 1. The van der Waals surface area contributed by atoms with E-state index in [0.717, 1.165) is 10.0 Å². The van der Waals surface area contributed by atoms with Crippen molar-refractivity contribution in [3.8, 4) is 0 Å². The van der Waals surface area contributed by atoms with Gasteiger partial charge in [0.15, 0.2) is 0 Å². The van der Waals surface area contributed by atoms with Crippen molar-refractivity contribution in [3.63, 3.8) is 0 Å². The molecule has 24 heavy (non-hydrogen) atoms. The van der Waals surface area contributed by atoms with E-state index < -0.39 is 5.60 Å². The van der Waals surface area contributed by atoms with Crippen molar-refractivity contribution in [2.24, 2.45) is 0 Å². The van der Waals surface area contributed by atoms with E-state index in [0.29, 0.717) is 18.8 Å². The van der Waals surface area contributed by atoms with Gasteiger partial charge in [-0.2, -0.15) is 0 Å². The van der Waals surface area contributed by atoms with Crippen molar-refractivity contribution in [2.45, 2.75) is 25.5 Å². The van der Waals surface area contributed by atoms with Crippen LogP contribution in [-0.4, -0.2) is 44.0 Å². The Morgan fingerprint density at radius 3 is 2.71 bits per heavy atom. The summed E-state index contributed by atoms with van der Waals surface area (Å²) in [6.07, 6.45) is 5.13. The molecule has 0 saturated carbocycles. The minimum atomic E-state index is -1.01. The molecule has 6 nitrogen and oxygen atoms in total. The Kier molecular flexibility index (Phi) is 4.56. The highest BCUT2D eigenvalue weighted by molar-refractivity contribution is 9.10. The maximum atomic E-state index is 12.2. The van der Waals surface area contributed by atoms with Crippen molar-refractivity contribution in [3.05, 3.63) is 52.3 Å². The molecule has 1 amide bonds. The van der Waals surface area contributed by atoms with Crippen molar-refractivity contribution in [2.75, 3.05) is 13.1 Å². The number of amides is 1. The molecule has 1 aliphatic rings. The molecule has 0 atom stereocenters. The Morgan fingerprint density at radius 1 is 1.38 bits per heavy atom. The molecule has 1 fully saturated rings. The molecule has 0 bridgehead atoms. The van der Waals surface area contributed by atoms with Gasteiger partial charge < -0.3 is 10.0 Å². The van der Waals surface area contributed by atoms with Gasteiger partial charge in [-0.05, 0) is 31.6 Å². The molecular formula is C17H19BrN4O2. The van der Waals surface area contributed by atoms with Gasteiger partial charge in [-0.3, -0.25) is 4.79 Å². The first-order valence-corrected chi connectivity index (χ1v) is 8.50. The largest absolute Gasteiger partial charge is 0.384 e. The Hall–Kier alpha value is -1.99. The molecule has 0 aliphatic carbocycles. The molecule has 3 rings (SSSR count). The van der Waals surface area contributed by atoms with E-state index in [1.165, 1.54) is 0 Å². The molecule has 0 radical (unpaired) electrons. The number of aliphatic hydroxyl groups is 1. The summed E-state index contributed by atoms with van der Waals surface area (Å²) >= 11 is 3.46. The van der Waals surface area contributed by atoms with E-state index >= 15 is 0 Å². The van der Waals surface area contributed by atoms with Crippen molar-refractivity contribution < 1.29 is 9.90 Å². The number of nitrogens with zero attached hydrogens (tertiary/aromatic N) is 4. The van der Waals surface area contributed by atoms with Gasteiger partial charge in [-0.1, -0.05) is 39.3 Å². The van der Waals surface area contributed by atoms with Gasteiger partial charge in [0.05, 0.1) is 12.2 Å². The molecule has 0 spiro atoms. The normalized spacial score (nSPS) is 15.8. The summed E-state index contributed by atoms with van der Waals surface area (Å²) in [5.74, 6) is -0.0233. The third-order valence-electron chi connectivity index (χ3n) is 4.00. The van der Waals surface area contributed by atoms with Crippen LogP contribution in [0.1, 0.15) is 31.1 Å². The van der Waals surface area contributed by atoms with Gasteiger partial charge in [-0.25, -0.2) is 4.68 Å². The molecule has 1 aromatic carbocycles. The summed E-state index contributed by atoms with van der Waals surface area (Å²) in [7, 11) is 0. The SMILES string of the molecule is CC(C)(O)c1cn(C2CN(C(=O)C=Cc3ccccc3Br)C2)nn1. The minimum Gasteiger partial charge on any atom is -0.384 e. The molecule has 1 N–H and O–H groups in total. The predicted molar refractivity (Wildman–Crippen MR) is 94.1 cm³/mol. The molecular weight excluding hydrogens is 372 g/mol. The highest BCUT2D eigenvalue weighted by atomic mass is 79.9. The van der Waals surface area contributed by atoms with E-state index in [1.807, 2.05) is 30.3 Å². The average molecular weight is 391 g/mol. The fourth-order valence-corrected chi connectivity index (χ4v) is 2.83. The van der Waals surface area contributed by atoms with Crippen LogP contribution >= 0.6 is 15.9 Å². The van der Waals surface area contributed by atoms with E-state index in [2.05, 4.69) is 26.2 Å². The first-order valence-electron chi connectivity index (χ1n) is 7.71. The van der Waals surface area contributed by atoms with Crippen LogP contribution in [-0.2, 0) is 10.4 Å². The minimum absolute atomic E-state index is 0.0233. The Labute approximate surface area is 148 Å². The third kappa shape index (κ3) is 3.57. The lowest BCUT2D eigenvalue weighted by molar-refractivity contribution is -0.131. The van der Waals surface area contributed by atoms with Crippen LogP contribution in [0.5, 0.6) is 0 Å². The number of carbonyl (C=O) groups excluding carboxylic acids is 1. The highest BCUT2D eigenvalue weighted by Gasteiger charge is 2.32. The van der Waals surface area contributed by atoms with Gasteiger partial charge >= 0.3 is 0 Å². The van der Waals surface area contributed by atoms with Crippen molar-refractivity contribution in [1.82, 2.24) is 19.9 Å². The molecule has 2 aromatic rings. The number of carbonyl (C=O) groups is 1. The number of hydrogen-bond acceptors (Lipinski definition) is 4. The first kappa shape index (κ1) is 16.9. The zero-order valence-corrected chi connectivity index (χ0v) is 15.1. The number of hydrogen-bond donors (Lipinski definition) is 1. The zero-order valence-electron chi connectivity index (χ0n) is 13.6. The number of rotatable bonds is 4. The lowest BCUT2D eigenvalue weighted by atomic mass is 10.1. The van der Waals surface area contributed by atoms with Crippen molar-refractivity contribution >= 4 is 27.9 Å². The number of likely N-dealkylation sites (tertiary alicyclic amines) is 1. The fourth-order valence-electron chi connectivity index (χ4n) is 2.41. The Balaban J connectivity index is 1.57. The lowest BCUT2D eigenvalue weighted by Crippen LogP contribution is -2.50. The second-order valence-corrected chi connectivity index (χ2v) is 7.25. The van der Waals surface area contributed by atoms with Crippen LogP contribution in [0, 0.1) is 0 Å². The molecule has 1 saturated heterocycles. The summed E-state index contributed by atoms with van der Waals surface area (Å²) in [6.45, 7) is 4.52. The maximum Gasteiger partial charge on any atom is 0.246 e. The lowest BCUT2D eigenvalue weighted by Gasteiger charge is -2.38. The Morgan fingerprint density at radius 2 is 2.08 bits per heavy atom. The summed E-state index contributed by atoms with van der Waals surface area (Å²) in [5.41, 5.74) is 0.485. The van der Waals surface area contributed by atoms with E-state index in [1.54, 1.807) is 35.7 Å². The smallest absolute Gasteiger partial charge is 0.246 e. The molecule has 2 heterocycles. The first-order chi connectivity index (χ1) is 11.3. The Bertz CT molecular complexity index is 773. The van der Waals surface area contributed by atoms with Crippen molar-refractivity contribution in [1.29, 1.82) is 0 Å². The van der Waals surface area contributed by atoms with E-state index in [9.17, 15) is 9.90 Å². The molecule has 0 unspecified atom stereocenters. The number of aromatic nitrogens is 3. The molecule has 1 aliphatic heterocycles. The van der Waals surface area contributed by atoms with Gasteiger partial charge in [0.25, 0.3) is 0 Å². The summed E-state index contributed by atoms with van der Waals surface area (Å²) in [5, 5.41) is 18.0. The third-order valence-corrected chi connectivity index (χ3v) is 4.72. The monoisotopic (exact) mass is 390 g/mol. The summed E-state index contributed by atoms with van der Waals surface area (Å²) in [4.78, 5) is 13.9. The quantitative estimate of drug-likeness (QED) is 0.813. The van der Waals surface area contributed by atoms with E-state index in [4.69, 9.17) is 0 Å². The van der Waals surface area contributed by atoms with Crippen LogP contribution < -0.4 is 0 Å². The number of benzene rings is 1. The maximum absolute atomic E-state index is 12.2. The van der Waals surface area contributed by atoms with Gasteiger partial charge in [0, 0.05) is 23.6 Å².